The molecular formula is C16H22N4O2S. The van der Waals surface area contributed by atoms with Crippen LogP contribution in [0.15, 0.2) is 47.9 Å². The standard InChI is InChI=1S/C16H22N4O2S/c21-23(22,16-7-2-1-3-8-16)11-5-10-19-9-4-6-15(19)12-20-14-17-13-18-20/h1-3,7-8,13-15H,4-6,9-12H2/t15-/m1/s1. The molecule has 2 aromatic rings. The Bertz CT molecular complexity index is 701. The van der Waals surface area contributed by atoms with E-state index >= 15 is 0 Å². The summed E-state index contributed by atoms with van der Waals surface area (Å²) in [5.74, 6) is 0.198. The van der Waals surface area contributed by atoms with E-state index in [2.05, 4.69) is 15.0 Å². The first-order valence-corrected chi connectivity index (χ1v) is 9.65. The number of hydrogen-bond acceptors (Lipinski definition) is 5. The zero-order valence-corrected chi connectivity index (χ0v) is 13.9. The van der Waals surface area contributed by atoms with Gasteiger partial charge in [0.25, 0.3) is 0 Å². The molecule has 0 unspecified atom stereocenters. The first-order valence-electron chi connectivity index (χ1n) is 7.99. The molecule has 0 saturated carbocycles. The van der Waals surface area contributed by atoms with E-state index in [9.17, 15) is 8.42 Å². The van der Waals surface area contributed by atoms with Crippen LogP contribution >= 0.6 is 0 Å². The quantitative estimate of drug-likeness (QED) is 0.769. The zero-order valence-electron chi connectivity index (χ0n) is 13.1. The van der Waals surface area contributed by atoms with Gasteiger partial charge in [0, 0.05) is 6.04 Å². The average Bonchev–Trinajstić information content (AvgIpc) is 3.21. The lowest BCUT2D eigenvalue weighted by Gasteiger charge is -2.24. The molecule has 1 aromatic heterocycles. The van der Waals surface area contributed by atoms with Crippen molar-refractivity contribution in [3.8, 4) is 0 Å². The second-order valence-corrected chi connectivity index (χ2v) is 8.04. The molecule has 124 valence electrons. The summed E-state index contributed by atoms with van der Waals surface area (Å²) in [5, 5.41) is 4.16. The zero-order chi connectivity index (χ0) is 16.1. The van der Waals surface area contributed by atoms with Gasteiger partial charge in [0.05, 0.1) is 17.2 Å². The second-order valence-electron chi connectivity index (χ2n) is 5.94. The predicted molar refractivity (Wildman–Crippen MR) is 87.7 cm³/mol. The summed E-state index contributed by atoms with van der Waals surface area (Å²) in [6, 6.07) is 9.12. The molecule has 1 aliphatic heterocycles. The molecule has 0 spiro atoms. The van der Waals surface area contributed by atoms with Crippen LogP contribution in [-0.2, 0) is 16.4 Å². The van der Waals surface area contributed by atoms with Gasteiger partial charge >= 0.3 is 0 Å². The highest BCUT2D eigenvalue weighted by atomic mass is 32.2. The molecule has 1 aliphatic rings. The van der Waals surface area contributed by atoms with Crippen molar-refractivity contribution < 1.29 is 8.42 Å². The monoisotopic (exact) mass is 334 g/mol. The van der Waals surface area contributed by atoms with Crippen molar-refractivity contribution in [1.29, 1.82) is 0 Å². The highest BCUT2D eigenvalue weighted by Gasteiger charge is 2.25. The lowest BCUT2D eigenvalue weighted by atomic mass is 10.2. The van der Waals surface area contributed by atoms with E-state index in [1.807, 2.05) is 10.7 Å². The molecule has 6 nitrogen and oxygen atoms in total. The highest BCUT2D eigenvalue weighted by molar-refractivity contribution is 7.91. The molecule has 0 radical (unpaired) electrons. The van der Waals surface area contributed by atoms with E-state index in [4.69, 9.17) is 0 Å². The van der Waals surface area contributed by atoms with Gasteiger partial charge in [-0.1, -0.05) is 18.2 Å². The van der Waals surface area contributed by atoms with Crippen LogP contribution in [0.5, 0.6) is 0 Å². The Labute approximate surface area is 137 Å². The highest BCUT2D eigenvalue weighted by Crippen LogP contribution is 2.19. The number of nitrogens with zero attached hydrogens (tertiary/aromatic N) is 4. The Morgan fingerprint density at radius 2 is 2.04 bits per heavy atom. The van der Waals surface area contributed by atoms with Gasteiger partial charge in [0.15, 0.2) is 9.84 Å². The molecular weight excluding hydrogens is 312 g/mol. The van der Waals surface area contributed by atoms with Crippen LogP contribution < -0.4 is 0 Å². The maximum atomic E-state index is 12.3. The van der Waals surface area contributed by atoms with Gasteiger partial charge in [-0.15, -0.1) is 0 Å². The number of likely N-dealkylation sites (tertiary alicyclic amines) is 1. The Hall–Kier alpha value is -1.73. The summed E-state index contributed by atoms with van der Waals surface area (Å²) in [6.07, 6.45) is 6.23. The lowest BCUT2D eigenvalue weighted by molar-refractivity contribution is 0.228. The average molecular weight is 334 g/mol. The summed E-state index contributed by atoms with van der Waals surface area (Å²) in [5.41, 5.74) is 0. The fourth-order valence-electron chi connectivity index (χ4n) is 3.14. The van der Waals surface area contributed by atoms with Gasteiger partial charge in [-0.25, -0.2) is 13.4 Å². The smallest absolute Gasteiger partial charge is 0.178 e. The minimum atomic E-state index is -3.17. The first kappa shape index (κ1) is 16.1. The normalized spacial score (nSPS) is 19.2. The van der Waals surface area contributed by atoms with E-state index in [0.29, 0.717) is 17.4 Å². The molecule has 1 atom stereocenters. The molecule has 1 fully saturated rings. The molecule has 7 heteroatoms. The van der Waals surface area contributed by atoms with Crippen molar-refractivity contribution in [2.45, 2.75) is 36.7 Å². The predicted octanol–water partition coefficient (Wildman–Crippen LogP) is 1.61. The molecule has 1 saturated heterocycles. The third-order valence-electron chi connectivity index (χ3n) is 4.32. The van der Waals surface area contributed by atoms with Crippen LogP contribution in [0.2, 0.25) is 0 Å². The molecule has 3 rings (SSSR count). The van der Waals surface area contributed by atoms with E-state index in [1.54, 1.807) is 36.9 Å². The van der Waals surface area contributed by atoms with Crippen molar-refractivity contribution >= 4 is 9.84 Å². The van der Waals surface area contributed by atoms with Crippen molar-refractivity contribution in [2.24, 2.45) is 0 Å². The minimum absolute atomic E-state index is 0.198. The largest absolute Gasteiger partial charge is 0.299 e. The van der Waals surface area contributed by atoms with Gasteiger partial charge in [0.1, 0.15) is 12.7 Å². The van der Waals surface area contributed by atoms with E-state index in [-0.39, 0.29) is 5.75 Å². The Balaban J connectivity index is 1.52. The van der Waals surface area contributed by atoms with Crippen LogP contribution in [0, 0.1) is 0 Å². The molecule has 0 amide bonds. The maximum Gasteiger partial charge on any atom is 0.178 e. The third kappa shape index (κ3) is 4.17. The SMILES string of the molecule is O=S(=O)(CCCN1CCC[C@@H]1Cn1cncn1)c1ccccc1. The van der Waals surface area contributed by atoms with Crippen LogP contribution in [0.4, 0.5) is 0 Å². The molecule has 1 aromatic carbocycles. The minimum Gasteiger partial charge on any atom is -0.299 e. The van der Waals surface area contributed by atoms with Gasteiger partial charge in [-0.3, -0.25) is 9.58 Å². The van der Waals surface area contributed by atoms with Crippen molar-refractivity contribution in [3.63, 3.8) is 0 Å². The van der Waals surface area contributed by atoms with E-state index < -0.39 is 9.84 Å². The van der Waals surface area contributed by atoms with Crippen LogP contribution in [0.25, 0.3) is 0 Å². The Kier molecular flexibility index (Phi) is 5.07. The van der Waals surface area contributed by atoms with Crippen molar-refractivity contribution in [3.05, 3.63) is 43.0 Å². The number of rotatable bonds is 7. The van der Waals surface area contributed by atoms with Gasteiger partial charge < -0.3 is 0 Å². The third-order valence-corrected chi connectivity index (χ3v) is 6.14. The maximum absolute atomic E-state index is 12.3. The summed E-state index contributed by atoms with van der Waals surface area (Å²) < 4.78 is 26.5. The molecule has 0 bridgehead atoms. The van der Waals surface area contributed by atoms with Gasteiger partial charge in [-0.2, -0.15) is 5.10 Å². The number of sulfone groups is 1. The Morgan fingerprint density at radius 3 is 2.78 bits per heavy atom. The van der Waals surface area contributed by atoms with E-state index in [0.717, 1.165) is 32.5 Å². The Morgan fingerprint density at radius 1 is 1.22 bits per heavy atom. The van der Waals surface area contributed by atoms with Crippen molar-refractivity contribution in [1.82, 2.24) is 19.7 Å². The van der Waals surface area contributed by atoms with Crippen LogP contribution in [0.1, 0.15) is 19.3 Å². The topological polar surface area (TPSA) is 68.1 Å². The summed E-state index contributed by atoms with van der Waals surface area (Å²) in [4.78, 5) is 6.77. The second kappa shape index (κ2) is 7.23. The molecule has 0 aliphatic carbocycles. The molecule has 2 heterocycles. The summed E-state index contributed by atoms with van der Waals surface area (Å²) in [7, 11) is -3.17. The van der Waals surface area contributed by atoms with Gasteiger partial charge in [0.2, 0.25) is 0 Å². The van der Waals surface area contributed by atoms with E-state index in [1.165, 1.54) is 0 Å². The van der Waals surface area contributed by atoms with Crippen LogP contribution in [-0.4, -0.2) is 53.0 Å². The number of hydrogen-bond donors (Lipinski definition) is 0. The van der Waals surface area contributed by atoms with Gasteiger partial charge in [-0.05, 0) is 44.5 Å². The number of aromatic nitrogens is 3. The number of benzene rings is 1. The van der Waals surface area contributed by atoms with Crippen LogP contribution in [0.3, 0.4) is 0 Å². The fourth-order valence-corrected chi connectivity index (χ4v) is 4.46. The first-order chi connectivity index (χ1) is 11.1. The fraction of sp³-hybridized carbons (Fsp3) is 0.500. The molecule has 23 heavy (non-hydrogen) atoms. The summed E-state index contributed by atoms with van der Waals surface area (Å²) in [6.45, 7) is 2.67. The lowest BCUT2D eigenvalue weighted by Crippen LogP contribution is -2.34. The van der Waals surface area contributed by atoms with Crippen molar-refractivity contribution in [2.75, 3.05) is 18.8 Å². The molecule has 0 N–H and O–H groups in total. The summed E-state index contributed by atoms with van der Waals surface area (Å²) >= 11 is 0.